The summed E-state index contributed by atoms with van der Waals surface area (Å²) in [6.45, 7) is 6.95. The third-order valence-electron chi connectivity index (χ3n) is 2.77. The van der Waals surface area contributed by atoms with Crippen LogP contribution in [0, 0.1) is 11.8 Å². The monoisotopic (exact) mass is 242 g/mol. The molecule has 0 aromatic rings. The molecule has 1 rings (SSSR count). The van der Waals surface area contributed by atoms with Gasteiger partial charge in [0.2, 0.25) is 0 Å². The van der Waals surface area contributed by atoms with E-state index in [2.05, 4.69) is 0 Å². The van der Waals surface area contributed by atoms with E-state index in [1.165, 1.54) is 7.11 Å². The van der Waals surface area contributed by atoms with Crippen LogP contribution in [0.15, 0.2) is 0 Å². The molecule has 0 bridgehead atoms. The quantitative estimate of drug-likeness (QED) is 0.546. The summed E-state index contributed by atoms with van der Waals surface area (Å²) in [5, 5.41) is 0. The van der Waals surface area contributed by atoms with E-state index in [1.807, 2.05) is 0 Å². The summed E-state index contributed by atoms with van der Waals surface area (Å²) in [6.07, 6.45) is 1.56. The van der Waals surface area contributed by atoms with Crippen molar-refractivity contribution in [3.05, 3.63) is 0 Å². The third kappa shape index (κ3) is 4.11. The first kappa shape index (κ1) is 14.2. The van der Waals surface area contributed by atoms with Gasteiger partial charge in [0.05, 0.1) is 0 Å². The van der Waals surface area contributed by atoms with Gasteiger partial charge in [0, 0.05) is 7.11 Å². The van der Waals surface area contributed by atoms with E-state index in [-0.39, 0.29) is 11.7 Å². The Balaban J connectivity index is 2.58. The molecule has 0 aromatic carbocycles. The van der Waals surface area contributed by atoms with Gasteiger partial charge in [0.25, 0.3) is 0 Å². The molecule has 0 N–H and O–H groups in total. The Kier molecular flexibility index (Phi) is 4.31. The molecule has 1 aliphatic carbocycles. The molecule has 1 fully saturated rings. The van der Waals surface area contributed by atoms with E-state index in [4.69, 9.17) is 9.47 Å². The number of hydrogen-bond acceptors (Lipinski definition) is 4. The Labute approximate surface area is 103 Å². The van der Waals surface area contributed by atoms with Crippen LogP contribution >= 0.6 is 0 Å². The molecule has 98 valence electrons. The molecule has 0 aliphatic heterocycles. The van der Waals surface area contributed by atoms with Crippen molar-refractivity contribution in [2.24, 2.45) is 11.8 Å². The molecule has 4 heteroatoms. The van der Waals surface area contributed by atoms with Crippen molar-refractivity contribution >= 4 is 11.8 Å². The van der Waals surface area contributed by atoms with Gasteiger partial charge in [0.15, 0.2) is 5.78 Å². The predicted molar refractivity (Wildman–Crippen MR) is 63.5 cm³/mol. The average Bonchev–Trinajstić information content (AvgIpc) is 2.99. The molecule has 4 nitrogen and oxygen atoms in total. The Morgan fingerprint density at radius 1 is 1.24 bits per heavy atom. The molecule has 0 amide bonds. The molecular formula is C13H22O4. The molecule has 0 radical (unpaired) electrons. The molecule has 0 spiro atoms. The lowest BCUT2D eigenvalue weighted by molar-refractivity contribution is -0.163. The van der Waals surface area contributed by atoms with Gasteiger partial charge in [-0.05, 0) is 46.5 Å². The van der Waals surface area contributed by atoms with E-state index < -0.39 is 23.6 Å². The molecular weight excluding hydrogens is 220 g/mol. The minimum atomic E-state index is -0.750. The van der Waals surface area contributed by atoms with E-state index in [9.17, 15) is 9.59 Å². The zero-order chi connectivity index (χ0) is 13.2. The van der Waals surface area contributed by atoms with Crippen LogP contribution in [0.5, 0.6) is 0 Å². The maximum absolute atomic E-state index is 12.1. The maximum atomic E-state index is 12.1. The maximum Gasteiger partial charge on any atom is 0.316 e. The number of ketones is 1. The highest BCUT2D eigenvalue weighted by Gasteiger charge is 2.40. The van der Waals surface area contributed by atoms with E-state index in [0.29, 0.717) is 0 Å². The average molecular weight is 242 g/mol. The zero-order valence-electron chi connectivity index (χ0n) is 11.3. The highest BCUT2D eigenvalue weighted by molar-refractivity contribution is 6.01. The molecule has 1 aliphatic rings. The molecule has 2 atom stereocenters. The van der Waals surface area contributed by atoms with E-state index >= 15 is 0 Å². The van der Waals surface area contributed by atoms with Gasteiger partial charge in [0.1, 0.15) is 17.6 Å². The lowest BCUT2D eigenvalue weighted by Gasteiger charge is -2.23. The Morgan fingerprint density at radius 3 is 2.12 bits per heavy atom. The summed E-state index contributed by atoms with van der Waals surface area (Å²) < 4.78 is 10.4. The van der Waals surface area contributed by atoms with Gasteiger partial charge in [-0.1, -0.05) is 0 Å². The summed E-state index contributed by atoms with van der Waals surface area (Å²) in [7, 11) is 1.52. The first-order valence-corrected chi connectivity index (χ1v) is 6.05. The summed E-state index contributed by atoms with van der Waals surface area (Å²) in [4.78, 5) is 23.8. The first-order chi connectivity index (χ1) is 7.76. The fraction of sp³-hybridized carbons (Fsp3) is 0.846. The highest BCUT2D eigenvalue weighted by atomic mass is 16.6. The second kappa shape index (κ2) is 5.17. The van der Waals surface area contributed by atoms with Crippen LogP contribution in [0.4, 0.5) is 0 Å². The normalized spacial score (nSPS) is 19.6. The number of methoxy groups -OCH3 is 1. The summed E-state index contributed by atoms with van der Waals surface area (Å²) in [5.41, 5.74) is -0.562. The lowest BCUT2D eigenvalue weighted by atomic mass is 9.98. The molecule has 2 unspecified atom stereocenters. The molecule has 0 aromatic heterocycles. The second-order valence-corrected chi connectivity index (χ2v) is 5.65. The van der Waals surface area contributed by atoms with Gasteiger partial charge in [-0.25, -0.2) is 0 Å². The van der Waals surface area contributed by atoms with Crippen LogP contribution in [0.3, 0.4) is 0 Å². The zero-order valence-corrected chi connectivity index (χ0v) is 11.3. The van der Waals surface area contributed by atoms with Gasteiger partial charge < -0.3 is 9.47 Å². The van der Waals surface area contributed by atoms with Crippen molar-refractivity contribution in [2.45, 2.75) is 52.2 Å². The number of rotatable bonds is 5. The molecule has 0 saturated heterocycles. The van der Waals surface area contributed by atoms with Crippen LogP contribution in [-0.2, 0) is 19.1 Å². The standard InChI is InChI=1S/C13H22O4/c1-8(12(15)17-13(2,3)4)10(14)11(16-5)9-6-7-9/h8-9,11H,6-7H2,1-5H3. The minimum absolute atomic E-state index is 0.163. The van der Waals surface area contributed by atoms with E-state index in [0.717, 1.165) is 12.8 Å². The Bertz CT molecular complexity index is 299. The van der Waals surface area contributed by atoms with Crippen molar-refractivity contribution < 1.29 is 19.1 Å². The van der Waals surface area contributed by atoms with Crippen molar-refractivity contribution in [3.8, 4) is 0 Å². The van der Waals surface area contributed by atoms with Crippen molar-refractivity contribution in [2.75, 3.05) is 7.11 Å². The molecule has 1 saturated carbocycles. The predicted octanol–water partition coefficient (Wildman–Crippen LogP) is 1.96. The minimum Gasteiger partial charge on any atom is -0.459 e. The van der Waals surface area contributed by atoms with Crippen LogP contribution in [0.1, 0.15) is 40.5 Å². The topological polar surface area (TPSA) is 52.6 Å². The number of ether oxygens (including phenoxy) is 2. The van der Waals surface area contributed by atoms with Crippen molar-refractivity contribution in [1.29, 1.82) is 0 Å². The van der Waals surface area contributed by atoms with Gasteiger partial charge >= 0.3 is 5.97 Å². The van der Waals surface area contributed by atoms with Gasteiger partial charge in [-0.3, -0.25) is 9.59 Å². The Morgan fingerprint density at radius 2 is 1.76 bits per heavy atom. The van der Waals surface area contributed by atoms with Crippen molar-refractivity contribution in [3.63, 3.8) is 0 Å². The largest absolute Gasteiger partial charge is 0.459 e. The van der Waals surface area contributed by atoms with Crippen LogP contribution in [-0.4, -0.2) is 30.6 Å². The summed E-state index contributed by atoms with van der Waals surface area (Å²) in [5.74, 6) is -1.09. The SMILES string of the molecule is COC(C(=O)C(C)C(=O)OC(C)(C)C)C1CC1. The van der Waals surface area contributed by atoms with Crippen molar-refractivity contribution in [1.82, 2.24) is 0 Å². The van der Waals surface area contributed by atoms with Crippen LogP contribution < -0.4 is 0 Å². The number of carbonyl (C=O) groups excluding carboxylic acids is 2. The first-order valence-electron chi connectivity index (χ1n) is 6.05. The highest BCUT2D eigenvalue weighted by Crippen LogP contribution is 2.35. The lowest BCUT2D eigenvalue weighted by Crippen LogP contribution is -2.37. The second-order valence-electron chi connectivity index (χ2n) is 5.65. The van der Waals surface area contributed by atoms with Gasteiger partial charge in [-0.15, -0.1) is 0 Å². The Hall–Kier alpha value is -0.900. The number of esters is 1. The fourth-order valence-electron chi connectivity index (χ4n) is 1.69. The fourth-order valence-corrected chi connectivity index (χ4v) is 1.69. The smallest absolute Gasteiger partial charge is 0.316 e. The van der Waals surface area contributed by atoms with Crippen LogP contribution in [0.25, 0.3) is 0 Å². The van der Waals surface area contributed by atoms with Crippen LogP contribution in [0.2, 0.25) is 0 Å². The van der Waals surface area contributed by atoms with Gasteiger partial charge in [-0.2, -0.15) is 0 Å². The summed E-state index contributed by atoms with van der Waals surface area (Å²) >= 11 is 0. The van der Waals surface area contributed by atoms with E-state index in [1.54, 1.807) is 27.7 Å². The molecule has 17 heavy (non-hydrogen) atoms. The third-order valence-corrected chi connectivity index (χ3v) is 2.77. The number of Topliss-reactive ketones (excluding diaryl/α,β-unsaturated/α-hetero) is 1. The number of carbonyl (C=O) groups is 2. The summed E-state index contributed by atoms with van der Waals surface area (Å²) in [6, 6.07) is 0. The number of hydrogen-bond donors (Lipinski definition) is 0. The molecule has 0 heterocycles.